The second-order valence-corrected chi connectivity index (χ2v) is 1.58. The van der Waals surface area contributed by atoms with E-state index in [9.17, 15) is 4.79 Å². The predicted octanol–water partition coefficient (Wildman–Crippen LogP) is -0.795. The summed E-state index contributed by atoms with van der Waals surface area (Å²) in [6.45, 7) is 0.641. The number of rotatable bonds is 2. The molecule has 0 saturated carbocycles. The maximum Gasteiger partial charge on any atom is 0.211 e. The van der Waals surface area contributed by atoms with E-state index in [1.54, 1.807) is 12.5 Å². The van der Waals surface area contributed by atoms with Gasteiger partial charge in [0.25, 0.3) is 0 Å². The number of aliphatic imine (C=N–C) groups is 1. The molecule has 0 bridgehead atoms. The number of hydrogen-bond acceptors (Lipinski definition) is 3. The van der Waals surface area contributed by atoms with E-state index in [-0.39, 0.29) is 0 Å². The van der Waals surface area contributed by atoms with E-state index in [0.717, 1.165) is 5.70 Å². The molecule has 4 nitrogen and oxygen atoms in total. The lowest BCUT2D eigenvalue weighted by Crippen LogP contribution is -2.25. The maximum atomic E-state index is 9.84. The van der Waals surface area contributed by atoms with E-state index in [1.165, 1.54) is 0 Å². The summed E-state index contributed by atoms with van der Waals surface area (Å²) < 4.78 is 0. The molecule has 1 heterocycles. The molecule has 0 atom stereocenters. The highest BCUT2D eigenvalue weighted by molar-refractivity contribution is 5.59. The molecular formula is C5H7N3O. The van der Waals surface area contributed by atoms with Gasteiger partial charge in [-0.15, -0.1) is 0 Å². The molecule has 1 amide bonds. The molecular weight excluding hydrogens is 118 g/mol. The molecule has 1 aliphatic heterocycles. The molecule has 9 heavy (non-hydrogen) atoms. The molecule has 1 aliphatic rings. The third-order valence-electron chi connectivity index (χ3n) is 0.933. The van der Waals surface area contributed by atoms with Crippen molar-refractivity contribution in [3.63, 3.8) is 0 Å². The Morgan fingerprint density at radius 2 is 2.78 bits per heavy atom. The number of carbonyl (C=O) groups is 1. The molecule has 0 radical (unpaired) electrons. The van der Waals surface area contributed by atoms with Crippen molar-refractivity contribution in [2.75, 3.05) is 6.54 Å². The average Bonchev–Trinajstić information content (AvgIpc) is 1.91. The summed E-state index contributed by atoms with van der Waals surface area (Å²) in [5.41, 5.74) is 0.785. The van der Waals surface area contributed by atoms with Crippen LogP contribution in [0.2, 0.25) is 0 Å². The van der Waals surface area contributed by atoms with E-state index in [1.807, 2.05) is 0 Å². The highest BCUT2D eigenvalue weighted by Crippen LogP contribution is 1.88. The number of carbonyl (C=O) groups excluding carboxylic acids is 1. The molecule has 2 N–H and O–H groups in total. The van der Waals surface area contributed by atoms with Crippen molar-refractivity contribution in [1.82, 2.24) is 10.6 Å². The van der Waals surface area contributed by atoms with Crippen LogP contribution in [0.4, 0.5) is 0 Å². The third-order valence-corrected chi connectivity index (χ3v) is 0.933. The van der Waals surface area contributed by atoms with Gasteiger partial charge in [0.15, 0.2) is 0 Å². The SMILES string of the molecule is O=CNC1=CN=CNC1. The van der Waals surface area contributed by atoms with E-state index in [0.29, 0.717) is 13.0 Å². The zero-order valence-electron chi connectivity index (χ0n) is 4.79. The van der Waals surface area contributed by atoms with E-state index in [2.05, 4.69) is 15.6 Å². The molecule has 0 unspecified atom stereocenters. The Labute approximate surface area is 52.7 Å². The highest BCUT2D eigenvalue weighted by Gasteiger charge is 1.94. The van der Waals surface area contributed by atoms with Crippen LogP contribution in [0, 0.1) is 0 Å². The van der Waals surface area contributed by atoms with Crippen LogP contribution in [0.5, 0.6) is 0 Å². The molecule has 0 saturated heterocycles. The number of nitrogens with zero attached hydrogens (tertiary/aromatic N) is 1. The molecule has 0 aromatic carbocycles. The number of amides is 1. The molecule has 0 fully saturated rings. The van der Waals surface area contributed by atoms with Crippen molar-refractivity contribution < 1.29 is 4.79 Å². The van der Waals surface area contributed by atoms with Crippen molar-refractivity contribution in [2.45, 2.75) is 0 Å². The first-order valence-corrected chi connectivity index (χ1v) is 2.58. The van der Waals surface area contributed by atoms with Gasteiger partial charge >= 0.3 is 0 Å². The largest absolute Gasteiger partial charge is 0.370 e. The lowest BCUT2D eigenvalue weighted by Gasteiger charge is -2.06. The zero-order valence-corrected chi connectivity index (χ0v) is 4.79. The van der Waals surface area contributed by atoms with E-state index < -0.39 is 0 Å². The van der Waals surface area contributed by atoms with Crippen LogP contribution in [-0.2, 0) is 4.79 Å². The minimum atomic E-state index is 0.633. The van der Waals surface area contributed by atoms with E-state index >= 15 is 0 Å². The fourth-order valence-electron chi connectivity index (χ4n) is 0.545. The van der Waals surface area contributed by atoms with Gasteiger partial charge in [-0.05, 0) is 0 Å². The van der Waals surface area contributed by atoms with E-state index in [4.69, 9.17) is 0 Å². The third kappa shape index (κ3) is 1.56. The Balaban J connectivity index is 2.47. The van der Waals surface area contributed by atoms with Crippen LogP contribution in [0.15, 0.2) is 16.9 Å². The van der Waals surface area contributed by atoms with Crippen LogP contribution in [0.3, 0.4) is 0 Å². The number of nitrogens with one attached hydrogen (secondary N) is 2. The van der Waals surface area contributed by atoms with Crippen LogP contribution in [0.25, 0.3) is 0 Å². The fourth-order valence-corrected chi connectivity index (χ4v) is 0.545. The van der Waals surface area contributed by atoms with Gasteiger partial charge < -0.3 is 10.6 Å². The Hall–Kier alpha value is -1.32. The lowest BCUT2D eigenvalue weighted by atomic mass is 10.4. The summed E-state index contributed by atoms with van der Waals surface area (Å²) in [7, 11) is 0. The molecule has 0 aliphatic carbocycles. The van der Waals surface area contributed by atoms with Crippen LogP contribution >= 0.6 is 0 Å². The smallest absolute Gasteiger partial charge is 0.211 e. The summed E-state index contributed by atoms with van der Waals surface area (Å²) >= 11 is 0. The Morgan fingerprint density at radius 3 is 3.33 bits per heavy atom. The molecule has 0 aromatic rings. The van der Waals surface area contributed by atoms with Crippen LogP contribution in [-0.4, -0.2) is 19.3 Å². The van der Waals surface area contributed by atoms with Gasteiger partial charge in [0.1, 0.15) is 0 Å². The van der Waals surface area contributed by atoms with Gasteiger partial charge in [-0.3, -0.25) is 4.79 Å². The molecule has 0 aromatic heterocycles. The normalized spacial score (nSPS) is 15.8. The van der Waals surface area contributed by atoms with Crippen molar-refractivity contribution in [3.05, 3.63) is 11.9 Å². The topological polar surface area (TPSA) is 53.5 Å². The summed E-state index contributed by atoms with van der Waals surface area (Å²) in [4.78, 5) is 13.6. The summed E-state index contributed by atoms with van der Waals surface area (Å²) in [6.07, 6.45) is 3.81. The minimum Gasteiger partial charge on any atom is -0.370 e. The summed E-state index contributed by atoms with van der Waals surface area (Å²) in [5, 5.41) is 5.33. The first-order chi connectivity index (χ1) is 4.43. The first-order valence-electron chi connectivity index (χ1n) is 2.58. The van der Waals surface area contributed by atoms with Crippen molar-refractivity contribution >= 4 is 12.7 Å². The minimum absolute atomic E-state index is 0.633. The average molecular weight is 125 g/mol. The molecule has 1 rings (SSSR count). The second-order valence-electron chi connectivity index (χ2n) is 1.58. The highest BCUT2D eigenvalue weighted by atomic mass is 16.1. The maximum absolute atomic E-state index is 9.84. The van der Waals surface area contributed by atoms with Gasteiger partial charge in [0.2, 0.25) is 6.41 Å². The number of hydrogen-bond donors (Lipinski definition) is 2. The Bertz CT molecular complexity index is 162. The summed E-state index contributed by atoms with van der Waals surface area (Å²) in [5.74, 6) is 0. The second kappa shape index (κ2) is 2.86. The van der Waals surface area contributed by atoms with Gasteiger partial charge in [0, 0.05) is 6.20 Å². The van der Waals surface area contributed by atoms with Gasteiger partial charge in [0.05, 0.1) is 18.6 Å². The van der Waals surface area contributed by atoms with Gasteiger partial charge in [-0.2, -0.15) is 0 Å². The quantitative estimate of drug-likeness (QED) is 0.475. The van der Waals surface area contributed by atoms with Crippen molar-refractivity contribution in [2.24, 2.45) is 4.99 Å². The summed E-state index contributed by atoms with van der Waals surface area (Å²) in [6, 6.07) is 0. The Morgan fingerprint density at radius 1 is 1.89 bits per heavy atom. The lowest BCUT2D eigenvalue weighted by molar-refractivity contribution is -0.108. The monoisotopic (exact) mass is 125 g/mol. The zero-order chi connectivity index (χ0) is 6.53. The van der Waals surface area contributed by atoms with Crippen LogP contribution in [0.1, 0.15) is 0 Å². The van der Waals surface area contributed by atoms with Gasteiger partial charge in [-0.25, -0.2) is 4.99 Å². The van der Waals surface area contributed by atoms with Crippen molar-refractivity contribution in [3.8, 4) is 0 Å². The van der Waals surface area contributed by atoms with Crippen molar-refractivity contribution in [1.29, 1.82) is 0 Å². The first kappa shape index (κ1) is 5.81. The predicted molar refractivity (Wildman–Crippen MR) is 33.8 cm³/mol. The molecule has 4 heteroatoms. The van der Waals surface area contributed by atoms with Crippen LogP contribution < -0.4 is 10.6 Å². The molecule has 48 valence electrons. The standard InChI is InChI=1S/C5H7N3O/c9-4-8-5-1-6-3-7-2-5/h1,3-4H,2H2,(H,6,7)(H,8,9). The fraction of sp³-hybridized carbons (Fsp3) is 0.200. The Kier molecular flexibility index (Phi) is 1.85. The molecule has 0 spiro atoms. The van der Waals surface area contributed by atoms with Gasteiger partial charge in [-0.1, -0.05) is 0 Å².